The van der Waals surface area contributed by atoms with Gasteiger partial charge in [-0.2, -0.15) is 0 Å². The van der Waals surface area contributed by atoms with Crippen molar-refractivity contribution in [3.63, 3.8) is 0 Å². The van der Waals surface area contributed by atoms with Crippen LogP contribution < -0.4 is 16.0 Å². The summed E-state index contributed by atoms with van der Waals surface area (Å²) in [6.45, 7) is 6.54. The van der Waals surface area contributed by atoms with E-state index in [0.29, 0.717) is 11.3 Å². The molecule has 3 N–H and O–H groups in total. The molecule has 0 spiro atoms. The minimum absolute atomic E-state index is 0.0250. The quantitative estimate of drug-likeness (QED) is 0.468. The van der Waals surface area contributed by atoms with E-state index < -0.39 is 0 Å². The molecule has 3 aromatic carbocycles. The lowest BCUT2D eigenvalue weighted by Gasteiger charge is -2.51. The average Bonchev–Trinajstić information content (AvgIpc) is 2.90. The highest BCUT2D eigenvalue weighted by molar-refractivity contribution is 6.04. The summed E-state index contributed by atoms with van der Waals surface area (Å²) in [5, 5.41) is 3.11. The maximum Gasteiger partial charge on any atom is 0.255 e. The van der Waals surface area contributed by atoms with Crippen molar-refractivity contribution in [2.75, 3.05) is 42.1 Å². The lowest BCUT2D eigenvalue weighted by molar-refractivity contribution is 0.0299. The SMILES string of the molecule is CC1CCC(c2cccc(NC(=O)c3ccc(N)cc3)c2)(N2CCN(c3ccccc3)CC2)CC1. The highest BCUT2D eigenvalue weighted by Crippen LogP contribution is 2.45. The Kier molecular flexibility index (Phi) is 6.78. The van der Waals surface area contributed by atoms with Crippen LogP contribution in [0, 0.1) is 5.92 Å². The monoisotopic (exact) mass is 468 g/mol. The summed E-state index contributed by atoms with van der Waals surface area (Å²) in [4.78, 5) is 18.1. The first-order valence-electron chi connectivity index (χ1n) is 12.9. The number of carbonyl (C=O) groups is 1. The predicted molar refractivity (Wildman–Crippen MR) is 145 cm³/mol. The van der Waals surface area contributed by atoms with E-state index in [-0.39, 0.29) is 11.4 Å². The van der Waals surface area contributed by atoms with E-state index in [1.54, 1.807) is 24.3 Å². The van der Waals surface area contributed by atoms with Crippen LogP contribution in [0.3, 0.4) is 0 Å². The number of amides is 1. The van der Waals surface area contributed by atoms with Crippen molar-refractivity contribution < 1.29 is 4.79 Å². The van der Waals surface area contributed by atoms with Crippen molar-refractivity contribution in [3.05, 3.63) is 90.0 Å². The number of nitrogens with one attached hydrogen (secondary N) is 1. The lowest BCUT2D eigenvalue weighted by atomic mass is 9.71. The first kappa shape index (κ1) is 23.4. The molecule has 3 aromatic rings. The van der Waals surface area contributed by atoms with Crippen molar-refractivity contribution in [3.8, 4) is 0 Å². The van der Waals surface area contributed by atoms with E-state index in [1.807, 2.05) is 6.07 Å². The molecule has 1 heterocycles. The normalized spacial score (nSPS) is 23.1. The molecule has 0 radical (unpaired) electrons. The summed E-state index contributed by atoms with van der Waals surface area (Å²) in [6, 6.07) is 26.4. The molecule has 2 fully saturated rings. The zero-order valence-electron chi connectivity index (χ0n) is 20.6. The summed E-state index contributed by atoms with van der Waals surface area (Å²) in [6.07, 6.45) is 4.80. The molecule has 2 aliphatic rings. The Balaban J connectivity index is 1.36. The highest BCUT2D eigenvalue weighted by Gasteiger charge is 2.42. The summed E-state index contributed by atoms with van der Waals surface area (Å²) in [7, 11) is 0. The first-order valence-corrected chi connectivity index (χ1v) is 12.9. The maximum absolute atomic E-state index is 12.8. The van der Waals surface area contributed by atoms with Crippen LogP contribution in [0.5, 0.6) is 0 Å². The molecule has 5 heteroatoms. The molecule has 0 atom stereocenters. The minimum atomic E-state index is -0.107. The summed E-state index contributed by atoms with van der Waals surface area (Å²) in [5.74, 6) is 0.659. The van der Waals surface area contributed by atoms with Crippen LogP contribution in [0.2, 0.25) is 0 Å². The summed E-state index contributed by atoms with van der Waals surface area (Å²) in [5.41, 5.74) is 10.6. The molecule has 182 valence electrons. The predicted octanol–water partition coefficient (Wildman–Crippen LogP) is 5.75. The van der Waals surface area contributed by atoms with Gasteiger partial charge in [-0.05, 0) is 85.7 Å². The number of nitrogens with two attached hydrogens (primary N) is 1. The number of rotatable bonds is 5. The molecule has 0 aromatic heterocycles. The van der Waals surface area contributed by atoms with Crippen LogP contribution in [0.4, 0.5) is 17.1 Å². The zero-order chi connectivity index (χ0) is 24.3. The number of carbonyl (C=O) groups excluding carboxylic acids is 1. The number of nitrogens with zero attached hydrogens (tertiary/aromatic N) is 2. The number of piperazine rings is 1. The third-order valence-electron chi connectivity index (χ3n) is 7.94. The second kappa shape index (κ2) is 10.1. The molecule has 0 bridgehead atoms. The van der Waals surface area contributed by atoms with E-state index in [4.69, 9.17) is 5.73 Å². The van der Waals surface area contributed by atoms with Gasteiger partial charge in [0.25, 0.3) is 5.91 Å². The minimum Gasteiger partial charge on any atom is -0.399 e. The van der Waals surface area contributed by atoms with Crippen LogP contribution in [0.1, 0.15) is 48.5 Å². The number of anilines is 3. The van der Waals surface area contributed by atoms with Crippen molar-refractivity contribution in [1.82, 2.24) is 4.90 Å². The number of para-hydroxylation sites is 1. The van der Waals surface area contributed by atoms with E-state index >= 15 is 0 Å². The van der Waals surface area contributed by atoms with Gasteiger partial charge < -0.3 is 16.0 Å². The maximum atomic E-state index is 12.8. The van der Waals surface area contributed by atoms with Gasteiger partial charge in [-0.15, -0.1) is 0 Å². The van der Waals surface area contributed by atoms with Gasteiger partial charge in [-0.3, -0.25) is 9.69 Å². The zero-order valence-corrected chi connectivity index (χ0v) is 20.6. The van der Waals surface area contributed by atoms with Crippen LogP contribution in [0.25, 0.3) is 0 Å². The van der Waals surface area contributed by atoms with Gasteiger partial charge in [0, 0.05) is 54.3 Å². The highest BCUT2D eigenvalue weighted by atomic mass is 16.1. The van der Waals surface area contributed by atoms with Gasteiger partial charge in [-0.25, -0.2) is 0 Å². The second-order valence-electron chi connectivity index (χ2n) is 10.2. The van der Waals surface area contributed by atoms with Gasteiger partial charge in [0.2, 0.25) is 0 Å². The topological polar surface area (TPSA) is 61.6 Å². The first-order chi connectivity index (χ1) is 17.0. The lowest BCUT2D eigenvalue weighted by Crippen LogP contribution is -2.56. The molecule has 1 aliphatic carbocycles. The fourth-order valence-corrected chi connectivity index (χ4v) is 5.78. The molecule has 1 aliphatic heterocycles. The standard InChI is InChI=1S/C30H36N4O/c1-23-14-16-30(17-15-23,34-20-18-33(19-21-34)28-8-3-2-4-9-28)25-6-5-7-27(22-25)32-29(35)24-10-12-26(31)13-11-24/h2-13,22-23H,14-21,31H2,1H3,(H,32,35). The van der Waals surface area contributed by atoms with Crippen molar-refractivity contribution >= 4 is 23.0 Å². The van der Waals surface area contributed by atoms with Gasteiger partial charge in [-0.1, -0.05) is 37.3 Å². The number of nitrogen functional groups attached to an aromatic ring is 1. The Morgan fingerprint density at radius 1 is 0.886 bits per heavy atom. The Labute approximate surface area is 208 Å². The Morgan fingerprint density at radius 2 is 1.57 bits per heavy atom. The van der Waals surface area contributed by atoms with Gasteiger partial charge in [0.05, 0.1) is 0 Å². The summed E-state index contributed by atoms with van der Waals surface area (Å²) < 4.78 is 0. The Bertz CT molecular complexity index is 1130. The van der Waals surface area contributed by atoms with Gasteiger partial charge in [0.1, 0.15) is 0 Å². The van der Waals surface area contributed by atoms with E-state index in [0.717, 1.165) is 50.6 Å². The molecule has 1 saturated heterocycles. The largest absolute Gasteiger partial charge is 0.399 e. The van der Waals surface area contributed by atoms with E-state index in [9.17, 15) is 4.79 Å². The third kappa shape index (κ3) is 5.06. The fraction of sp³-hybridized carbons (Fsp3) is 0.367. The molecular formula is C30H36N4O. The summed E-state index contributed by atoms with van der Waals surface area (Å²) >= 11 is 0. The van der Waals surface area contributed by atoms with E-state index in [1.165, 1.54) is 24.1 Å². The van der Waals surface area contributed by atoms with Gasteiger partial charge >= 0.3 is 0 Å². The Morgan fingerprint density at radius 3 is 2.26 bits per heavy atom. The molecule has 5 rings (SSSR count). The van der Waals surface area contributed by atoms with Crippen molar-refractivity contribution in [2.24, 2.45) is 5.92 Å². The van der Waals surface area contributed by atoms with Crippen LogP contribution in [-0.4, -0.2) is 37.0 Å². The number of hydrogen-bond donors (Lipinski definition) is 2. The van der Waals surface area contributed by atoms with Crippen molar-refractivity contribution in [1.29, 1.82) is 0 Å². The average molecular weight is 469 g/mol. The number of hydrogen-bond acceptors (Lipinski definition) is 4. The molecule has 1 amide bonds. The van der Waals surface area contributed by atoms with Crippen LogP contribution in [0.15, 0.2) is 78.9 Å². The van der Waals surface area contributed by atoms with E-state index in [2.05, 4.69) is 70.6 Å². The van der Waals surface area contributed by atoms with Crippen LogP contribution in [-0.2, 0) is 5.54 Å². The molecule has 0 unspecified atom stereocenters. The van der Waals surface area contributed by atoms with Gasteiger partial charge in [0.15, 0.2) is 0 Å². The molecular weight excluding hydrogens is 432 g/mol. The molecule has 1 saturated carbocycles. The fourth-order valence-electron chi connectivity index (χ4n) is 5.78. The Hall–Kier alpha value is -3.31. The number of benzene rings is 3. The molecule has 5 nitrogen and oxygen atoms in total. The smallest absolute Gasteiger partial charge is 0.255 e. The molecule has 35 heavy (non-hydrogen) atoms. The van der Waals surface area contributed by atoms with Crippen molar-refractivity contribution in [2.45, 2.75) is 38.1 Å². The second-order valence-corrected chi connectivity index (χ2v) is 10.2. The van der Waals surface area contributed by atoms with Crippen LogP contribution >= 0.6 is 0 Å². The third-order valence-corrected chi connectivity index (χ3v) is 7.94.